The van der Waals surface area contributed by atoms with Gasteiger partial charge in [0.25, 0.3) is 11.7 Å². The van der Waals surface area contributed by atoms with Crippen LogP contribution in [0.15, 0.2) is 48.0 Å². The Morgan fingerprint density at radius 1 is 1.11 bits per heavy atom. The number of phenolic OH excluding ortho intramolecular Hbond substituents is 1. The van der Waals surface area contributed by atoms with Crippen molar-refractivity contribution in [1.29, 1.82) is 0 Å². The molecule has 2 aliphatic heterocycles. The first-order chi connectivity index (χ1) is 17.9. The van der Waals surface area contributed by atoms with Crippen molar-refractivity contribution < 1.29 is 34.0 Å². The van der Waals surface area contributed by atoms with Gasteiger partial charge in [0.15, 0.2) is 11.5 Å². The van der Waals surface area contributed by atoms with Crippen LogP contribution in [0.2, 0.25) is 0 Å². The summed E-state index contributed by atoms with van der Waals surface area (Å²) in [5, 5.41) is 21.5. The van der Waals surface area contributed by atoms with E-state index in [1.807, 2.05) is 0 Å². The summed E-state index contributed by atoms with van der Waals surface area (Å²) in [6.07, 6.45) is 1.89. The van der Waals surface area contributed by atoms with Crippen molar-refractivity contribution in [2.75, 3.05) is 53.1 Å². The second kappa shape index (κ2) is 12.1. The minimum absolute atomic E-state index is 0.00886. The predicted octanol–water partition coefficient (Wildman–Crippen LogP) is 3.33. The van der Waals surface area contributed by atoms with Crippen LogP contribution < -0.4 is 9.47 Å². The monoisotopic (exact) mass is 510 g/mol. The minimum atomic E-state index is -0.847. The molecule has 9 nitrogen and oxygen atoms in total. The van der Waals surface area contributed by atoms with Gasteiger partial charge in [-0.3, -0.25) is 14.5 Å². The minimum Gasteiger partial charge on any atom is -0.507 e. The molecular formula is C28H34N2O7. The van der Waals surface area contributed by atoms with Crippen molar-refractivity contribution in [3.8, 4) is 17.2 Å². The Morgan fingerprint density at radius 3 is 2.62 bits per heavy atom. The summed E-state index contributed by atoms with van der Waals surface area (Å²) in [7, 11) is 1.43. The van der Waals surface area contributed by atoms with E-state index in [9.17, 15) is 19.8 Å². The van der Waals surface area contributed by atoms with E-state index in [1.165, 1.54) is 18.1 Å². The highest BCUT2D eigenvalue weighted by atomic mass is 16.5. The molecule has 2 heterocycles. The number of amides is 1. The molecule has 9 heteroatoms. The van der Waals surface area contributed by atoms with Crippen molar-refractivity contribution in [2.45, 2.75) is 25.8 Å². The van der Waals surface area contributed by atoms with Crippen LogP contribution in [0.25, 0.3) is 5.76 Å². The number of phenols is 1. The lowest BCUT2D eigenvalue weighted by Gasteiger charge is -2.31. The molecule has 198 valence electrons. The van der Waals surface area contributed by atoms with Crippen molar-refractivity contribution in [1.82, 2.24) is 9.80 Å². The Kier molecular flexibility index (Phi) is 8.68. The van der Waals surface area contributed by atoms with Gasteiger partial charge >= 0.3 is 0 Å². The number of hydrogen-bond acceptors (Lipinski definition) is 8. The molecule has 1 unspecified atom stereocenters. The Hall–Kier alpha value is -3.56. The highest BCUT2D eigenvalue weighted by Crippen LogP contribution is 2.42. The fraction of sp³-hybridized carbons (Fsp3) is 0.429. The molecule has 2 aromatic carbocycles. The van der Waals surface area contributed by atoms with Gasteiger partial charge in [-0.25, -0.2) is 0 Å². The maximum Gasteiger partial charge on any atom is 0.295 e. The van der Waals surface area contributed by atoms with E-state index >= 15 is 0 Å². The van der Waals surface area contributed by atoms with Gasteiger partial charge in [0.05, 0.1) is 38.5 Å². The second-order valence-electron chi connectivity index (χ2n) is 9.11. The smallest absolute Gasteiger partial charge is 0.295 e. The van der Waals surface area contributed by atoms with Crippen molar-refractivity contribution in [2.24, 2.45) is 0 Å². The molecule has 0 bridgehead atoms. The number of hydrogen-bond donors (Lipinski definition) is 2. The Labute approximate surface area is 216 Å². The topological polar surface area (TPSA) is 109 Å². The number of aliphatic hydroxyl groups excluding tert-OH is 1. The van der Waals surface area contributed by atoms with Gasteiger partial charge in [0, 0.05) is 31.7 Å². The summed E-state index contributed by atoms with van der Waals surface area (Å²) in [4.78, 5) is 30.2. The normalized spacial score (nSPS) is 19.8. The lowest BCUT2D eigenvalue weighted by atomic mass is 9.95. The summed E-state index contributed by atoms with van der Waals surface area (Å²) in [5.41, 5.74) is 0.925. The van der Waals surface area contributed by atoms with Crippen LogP contribution in [0, 0.1) is 0 Å². The predicted molar refractivity (Wildman–Crippen MR) is 138 cm³/mol. The number of Topliss-reactive ketones (excluding diaryl/α,β-unsaturated/α-hetero) is 1. The number of morpholine rings is 1. The number of aliphatic hydroxyl groups is 1. The molecule has 2 fully saturated rings. The molecule has 0 aromatic heterocycles. The molecule has 0 spiro atoms. The van der Waals surface area contributed by atoms with Crippen LogP contribution in [-0.2, 0) is 14.3 Å². The lowest BCUT2D eigenvalue weighted by Crippen LogP contribution is -2.42. The molecule has 0 radical (unpaired) electrons. The molecule has 2 saturated heterocycles. The van der Waals surface area contributed by atoms with E-state index in [0.29, 0.717) is 43.2 Å². The van der Waals surface area contributed by atoms with Crippen LogP contribution in [0.1, 0.15) is 36.9 Å². The van der Waals surface area contributed by atoms with Gasteiger partial charge in [0.1, 0.15) is 11.5 Å². The van der Waals surface area contributed by atoms with Gasteiger partial charge in [0.2, 0.25) is 0 Å². The van der Waals surface area contributed by atoms with Gasteiger partial charge in [-0.15, -0.1) is 0 Å². The number of nitrogens with zero attached hydrogens (tertiary/aromatic N) is 2. The maximum absolute atomic E-state index is 13.3. The SMILES string of the molecule is CCCCOc1cccc(/C(O)=C2\C(=O)C(=O)N(CCN3CCOCC3)C2c2ccc(O)c(OC)c2)c1. The third-order valence-corrected chi connectivity index (χ3v) is 6.69. The number of ketones is 1. The van der Waals surface area contributed by atoms with Crippen LogP contribution in [-0.4, -0.2) is 84.8 Å². The van der Waals surface area contributed by atoms with Crippen LogP contribution in [0.3, 0.4) is 0 Å². The van der Waals surface area contributed by atoms with Gasteiger partial charge in [-0.2, -0.15) is 0 Å². The molecular weight excluding hydrogens is 476 g/mol. The number of aromatic hydroxyl groups is 1. The van der Waals surface area contributed by atoms with Crippen LogP contribution >= 0.6 is 0 Å². The highest BCUT2D eigenvalue weighted by molar-refractivity contribution is 6.46. The standard InChI is InChI=1S/C28H34N2O7/c1-3-4-14-37-21-7-5-6-20(17-21)26(32)24-25(19-8-9-22(31)23(18-19)35-2)30(28(34)27(24)33)11-10-29-12-15-36-16-13-29/h5-9,17-18,25,31-32H,3-4,10-16H2,1-2H3/b26-24+. The van der Waals surface area contributed by atoms with E-state index in [1.54, 1.807) is 36.4 Å². The largest absolute Gasteiger partial charge is 0.507 e. The molecule has 1 atom stereocenters. The zero-order chi connectivity index (χ0) is 26.4. The number of methoxy groups -OCH3 is 1. The molecule has 0 aliphatic carbocycles. The van der Waals surface area contributed by atoms with Crippen LogP contribution in [0.4, 0.5) is 0 Å². The first-order valence-electron chi connectivity index (χ1n) is 12.6. The summed E-state index contributed by atoms with van der Waals surface area (Å²) in [6, 6.07) is 10.7. The fourth-order valence-electron chi connectivity index (χ4n) is 4.62. The zero-order valence-electron chi connectivity index (χ0n) is 21.3. The first-order valence-corrected chi connectivity index (χ1v) is 12.6. The van der Waals surface area contributed by atoms with E-state index in [0.717, 1.165) is 25.9 Å². The molecule has 2 aromatic rings. The van der Waals surface area contributed by atoms with Gasteiger partial charge in [-0.05, 0) is 36.2 Å². The van der Waals surface area contributed by atoms with E-state index < -0.39 is 17.7 Å². The van der Waals surface area contributed by atoms with E-state index in [4.69, 9.17) is 14.2 Å². The fourth-order valence-corrected chi connectivity index (χ4v) is 4.62. The van der Waals surface area contributed by atoms with Crippen molar-refractivity contribution in [3.05, 3.63) is 59.2 Å². The first kappa shape index (κ1) is 26.5. The number of carbonyl (C=O) groups is 2. The average molecular weight is 511 g/mol. The molecule has 2 aliphatic rings. The van der Waals surface area contributed by atoms with Crippen molar-refractivity contribution >= 4 is 17.4 Å². The molecule has 2 N–H and O–H groups in total. The second-order valence-corrected chi connectivity index (χ2v) is 9.11. The number of unbranched alkanes of at least 4 members (excludes halogenated alkanes) is 1. The summed E-state index contributed by atoms with van der Waals surface area (Å²) < 4.78 is 16.5. The Morgan fingerprint density at radius 2 is 1.89 bits per heavy atom. The van der Waals surface area contributed by atoms with Gasteiger partial charge in [-0.1, -0.05) is 31.5 Å². The molecule has 4 rings (SSSR count). The number of rotatable bonds is 10. The molecule has 1 amide bonds. The summed E-state index contributed by atoms with van der Waals surface area (Å²) >= 11 is 0. The third kappa shape index (κ3) is 5.89. The summed E-state index contributed by atoms with van der Waals surface area (Å²) in [6.45, 7) is 6.18. The molecule has 37 heavy (non-hydrogen) atoms. The van der Waals surface area contributed by atoms with Crippen molar-refractivity contribution in [3.63, 3.8) is 0 Å². The van der Waals surface area contributed by atoms with E-state index in [-0.39, 0.29) is 29.4 Å². The van der Waals surface area contributed by atoms with Gasteiger partial charge < -0.3 is 29.3 Å². The van der Waals surface area contributed by atoms with E-state index in [2.05, 4.69) is 11.8 Å². The highest BCUT2D eigenvalue weighted by Gasteiger charge is 2.46. The number of likely N-dealkylation sites (tertiary alicyclic amines) is 1. The number of benzene rings is 2. The Balaban J connectivity index is 1.73. The third-order valence-electron chi connectivity index (χ3n) is 6.69. The quantitative estimate of drug-likeness (QED) is 0.217. The number of ether oxygens (including phenoxy) is 3. The lowest BCUT2D eigenvalue weighted by molar-refractivity contribution is -0.140. The maximum atomic E-state index is 13.3. The Bertz CT molecular complexity index is 1160. The average Bonchev–Trinajstić information content (AvgIpc) is 3.17. The summed E-state index contributed by atoms with van der Waals surface area (Å²) in [5.74, 6) is -0.987. The van der Waals surface area contributed by atoms with Crippen LogP contribution in [0.5, 0.6) is 17.2 Å². The number of carbonyl (C=O) groups excluding carboxylic acids is 2. The zero-order valence-corrected chi connectivity index (χ0v) is 21.3. The molecule has 0 saturated carbocycles.